The van der Waals surface area contributed by atoms with Gasteiger partial charge in [-0.05, 0) is 60.8 Å². The lowest BCUT2D eigenvalue weighted by atomic mass is 9.83. The van der Waals surface area contributed by atoms with Crippen LogP contribution in [0.1, 0.15) is 87.2 Å². The largest absolute Gasteiger partial charge is 0.452 e. The van der Waals surface area contributed by atoms with Gasteiger partial charge in [0, 0.05) is 21.5 Å². The molecule has 0 radical (unpaired) electrons. The number of hydrogen-bond donors (Lipinski definition) is 0. The second-order valence-corrected chi connectivity index (χ2v) is 10.1. The summed E-state index contributed by atoms with van der Waals surface area (Å²) in [5, 5.41) is 4.84. The van der Waals surface area contributed by atoms with Crippen LogP contribution in [0.3, 0.4) is 0 Å². The molecule has 0 atom stereocenters. The molecule has 5 aromatic rings. The van der Waals surface area contributed by atoms with E-state index in [2.05, 4.69) is 48.5 Å². The number of para-hydroxylation sites is 2. The third-order valence-corrected chi connectivity index (χ3v) is 8.28. The second-order valence-electron chi connectivity index (χ2n) is 10.1. The molecule has 0 unspecified atom stereocenters. The summed E-state index contributed by atoms with van der Waals surface area (Å²) in [6.07, 6.45) is 13.2. The summed E-state index contributed by atoms with van der Waals surface area (Å²) in [6, 6.07) is 17.9. The molecule has 32 heavy (non-hydrogen) atoms. The first kappa shape index (κ1) is 18.8. The Balaban J connectivity index is 1.47. The van der Waals surface area contributed by atoms with Crippen molar-refractivity contribution in [3.63, 3.8) is 0 Å². The maximum atomic E-state index is 6.67. The molecule has 2 heterocycles. The van der Waals surface area contributed by atoms with Crippen molar-refractivity contribution in [2.45, 2.75) is 76.0 Å². The number of rotatable bonds is 2. The van der Waals surface area contributed by atoms with Crippen molar-refractivity contribution < 1.29 is 8.83 Å². The molecule has 2 nitrogen and oxygen atoms in total. The fraction of sp³-hybridized carbons (Fsp3) is 0.400. The van der Waals surface area contributed by atoms with Crippen molar-refractivity contribution in [3.8, 4) is 0 Å². The standard InChI is InChI=1S/C30H30O2/c1-3-9-19(10-4-1)21-13-7-15-23-25-17-18-26-24-16-8-14-22(20-11-5-2-6-12-20)28(24)32-30(26)29(25)31-27(21)23/h7-8,13-20H,1-6,9-12H2. The average Bonchev–Trinajstić information content (AvgIpc) is 3.43. The van der Waals surface area contributed by atoms with E-state index in [-0.39, 0.29) is 0 Å². The number of benzene rings is 3. The zero-order valence-corrected chi connectivity index (χ0v) is 18.7. The highest BCUT2D eigenvalue weighted by molar-refractivity contribution is 6.19. The van der Waals surface area contributed by atoms with Crippen LogP contribution < -0.4 is 0 Å². The molecule has 0 saturated heterocycles. The Bertz CT molecular complexity index is 1330. The minimum Gasteiger partial charge on any atom is -0.452 e. The van der Waals surface area contributed by atoms with E-state index >= 15 is 0 Å². The third kappa shape index (κ3) is 2.78. The SMILES string of the molecule is c1cc(C2CCCCC2)c2oc3c(ccc4c5cccc(C6CCCCC6)c5oc43)c2c1. The van der Waals surface area contributed by atoms with E-state index in [1.54, 1.807) is 0 Å². The summed E-state index contributed by atoms with van der Waals surface area (Å²) < 4.78 is 13.3. The van der Waals surface area contributed by atoms with E-state index < -0.39 is 0 Å². The number of hydrogen-bond acceptors (Lipinski definition) is 2. The Kier molecular flexibility index (Phi) is 4.35. The number of fused-ring (bicyclic) bond motifs is 7. The predicted octanol–water partition coefficient (Wildman–Crippen LogP) is 9.58. The van der Waals surface area contributed by atoms with Crippen LogP contribution in [0.15, 0.2) is 57.4 Å². The Hall–Kier alpha value is -2.74. The summed E-state index contributed by atoms with van der Waals surface area (Å²) >= 11 is 0. The van der Waals surface area contributed by atoms with Gasteiger partial charge in [-0.2, -0.15) is 0 Å². The molecule has 3 aromatic carbocycles. The molecule has 2 aliphatic carbocycles. The van der Waals surface area contributed by atoms with Crippen LogP contribution in [0.5, 0.6) is 0 Å². The van der Waals surface area contributed by atoms with Gasteiger partial charge in [0.2, 0.25) is 0 Å². The number of furan rings is 2. The maximum Gasteiger partial charge on any atom is 0.178 e. The molecule has 2 heteroatoms. The molecule has 0 amide bonds. The van der Waals surface area contributed by atoms with Crippen LogP contribution >= 0.6 is 0 Å². The van der Waals surface area contributed by atoms with Gasteiger partial charge < -0.3 is 8.83 Å². The highest BCUT2D eigenvalue weighted by Crippen LogP contribution is 2.45. The molecule has 162 valence electrons. The molecule has 2 aliphatic rings. The van der Waals surface area contributed by atoms with Gasteiger partial charge in [0.15, 0.2) is 11.2 Å². The zero-order valence-electron chi connectivity index (χ0n) is 18.7. The van der Waals surface area contributed by atoms with Crippen LogP contribution in [0.25, 0.3) is 43.9 Å². The van der Waals surface area contributed by atoms with Gasteiger partial charge in [0.1, 0.15) is 11.2 Å². The van der Waals surface area contributed by atoms with Gasteiger partial charge in [-0.1, -0.05) is 74.9 Å². The van der Waals surface area contributed by atoms with Crippen molar-refractivity contribution in [1.29, 1.82) is 0 Å². The summed E-state index contributed by atoms with van der Waals surface area (Å²) in [7, 11) is 0. The molecule has 2 aromatic heterocycles. The van der Waals surface area contributed by atoms with Crippen LogP contribution in [0, 0.1) is 0 Å². The van der Waals surface area contributed by atoms with Crippen LogP contribution in [-0.4, -0.2) is 0 Å². The van der Waals surface area contributed by atoms with Crippen LogP contribution in [-0.2, 0) is 0 Å². The van der Waals surface area contributed by atoms with Gasteiger partial charge >= 0.3 is 0 Å². The minimum absolute atomic E-state index is 0.622. The van der Waals surface area contributed by atoms with Gasteiger partial charge in [-0.15, -0.1) is 0 Å². The molecule has 2 saturated carbocycles. The van der Waals surface area contributed by atoms with Crippen molar-refractivity contribution in [2.75, 3.05) is 0 Å². The zero-order chi connectivity index (χ0) is 21.1. The van der Waals surface area contributed by atoms with Crippen molar-refractivity contribution in [3.05, 3.63) is 59.7 Å². The topological polar surface area (TPSA) is 26.3 Å². The van der Waals surface area contributed by atoms with Crippen LogP contribution in [0.2, 0.25) is 0 Å². The summed E-state index contributed by atoms with van der Waals surface area (Å²) in [5.74, 6) is 1.24. The Morgan fingerprint density at radius 2 is 0.844 bits per heavy atom. The van der Waals surface area contributed by atoms with Gasteiger partial charge in [-0.25, -0.2) is 0 Å². The monoisotopic (exact) mass is 422 g/mol. The van der Waals surface area contributed by atoms with Gasteiger partial charge in [0.05, 0.1) is 0 Å². The Labute approximate surface area is 188 Å². The third-order valence-electron chi connectivity index (χ3n) is 8.28. The lowest BCUT2D eigenvalue weighted by molar-refractivity contribution is 0.441. The maximum absolute atomic E-state index is 6.67. The normalized spacial score (nSPS) is 19.0. The van der Waals surface area contributed by atoms with Gasteiger partial charge in [-0.3, -0.25) is 0 Å². The molecule has 0 spiro atoms. The van der Waals surface area contributed by atoms with E-state index in [0.717, 1.165) is 22.3 Å². The summed E-state index contributed by atoms with van der Waals surface area (Å²) in [6.45, 7) is 0. The lowest BCUT2D eigenvalue weighted by Crippen LogP contribution is -2.04. The predicted molar refractivity (Wildman–Crippen MR) is 133 cm³/mol. The van der Waals surface area contributed by atoms with Gasteiger partial charge in [0.25, 0.3) is 0 Å². The highest BCUT2D eigenvalue weighted by Gasteiger charge is 2.24. The summed E-state index contributed by atoms with van der Waals surface area (Å²) in [5.41, 5.74) is 6.79. The molecule has 7 rings (SSSR count). The van der Waals surface area contributed by atoms with E-state index in [4.69, 9.17) is 8.83 Å². The van der Waals surface area contributed by atoms with Crippen LogP contribution in [0.4, 0.5) is 0 Å². The lowest BCUT2D eigenvalue weighted by Gasteiger charge is -2.21. The van der Waals surface area contributed by atoms with E-state index in [0.29, 0.717) is 11.8 Å². The molecule has 2 fully saturated rings. The molecular formula is C30H30O2. The molecule has 0 N–H and O–H groups in total. The Morgan fingerprint density at radius 3 is 1.28 bits per heavy atom. The van der Waals surface area contributed by atoms with Crippen molar-refractivity contribution >= 4 is 43.9 Å². The van der Waals surface area contributed by atoms with E-state index in [9.17, 15) is 0 Å². The molecule has 0 aliphatic heterocycles. The average molecular weight is 423 g/mol. The van der Waals surface area contributed by atoms with E-state index in [1.165, 1.54) is 96.9 Å². The Morgan fingerprint density at radius 1 is 0.438 bits per heavy atom. The quantitative estimate of drug-likeness (QED) is 0.283. The highest BCUT2D eigenvalue weighted by atomic mass is 16.4. The smallest absolute Gasteiger partial charge is 0.178 e. The summed E-state index contributed by atoms with van der Waals surface area (Å²) in [4.78, 5) is 0. The fourth-order valence-corrected chi connectivity index (χ4v) is 6.63. The van der Waals surface area contributed by atoms with Crippen molar-refractivity contribution in [1.82, 2.24) is 0 Å². The fourth-order valence-electron chi connectivity index (χ4n) is 6.63. The first-order valence-electron chi connectivity index (χ1n) is 12.7. The minimum atomic E-state index is 0.622. The van der Waals surface area contributed by atoms with Crippen molar-refractivity contribution in [2.24, 2.45) is 0 Å². The molecular weight excluding hydrogens is 392 g/mol. The second kappa shape index (κ2) is 7.40. The first-order chi connectivity index (χ1) is 15.9. The molecule has 0 bridgehead atoms. The van der Waals surface area contributed by atoms with E-state index in [1.807, 2.05) is 0 Å². The first-order valence-corrected chi connectivity index (χ1v) is 12.7.